The van der Waals surface area contributed by atoms with E-state index < -0.39 is 11.0 Å². The van der Waals surface area contributed by atoms with Crippen LogP contribution in [0.5, 0.6) is 0 Å². The minimum absolute atomic E-state index is 0.0803. The molecule has 1 atom stereocenters. The number of non-ortho nitro benzene ring substituents is 1. The van der Waals surface area contributed by atoms with Gasteiger partial charge in [0.15, 0.2) is 17.1 Å². The van der Waals surface area contributed by atoms with Crippen molar-refractivity contribution in [1.29, 1.82) is 0 Å². The number of hydrogen-bond donors (Lipinski definition) is 1. The predicted octanol–water partition coefficient (Wildman–Crippen LogP) is 3.90. The number of fused-ring (bicyclic) bond motifs is 2. The fourth-order valence-corrected chi connectivity index (χ4v) is 3.33. The average Bonchev–Trinajstić information content (AvgIpc) is 3.14. The lowest BCUT2D eigenvalue weighted by Crippen LogP contribution is -2.21. The van der Waals surface area contributed by atoms with Crippen LogP contribution >= 0.6 is 0 Å². The van der Waals surface area contributed by atoms with Crippen LogP contribution in [0.1, 0.15) is 18.2 Å². The van der Waals surface area contributed by atoms with Crippen LogP contribution in [0, 0.1) is 10.1 Å². The number of nitrogens with zero attached hydrogens (tertiary/aromatic N) is 4. The van der Waals surface area contributed by atoms with E-state index in [1.807, 2.05) is 49.3 Å². The Balaban J connectivity index is 1.92. The molecule has 2 aromatic carbocycles. The lowest BCUT2D eigenvalue weighted by molar-refractivity contribution is -0.383. The van der Waals surface area contributed by atoms with Gasteiger partial charge in [0.05, 0.1) is 10.6 Å². The third kappa shape index (κ3) is 3.67. The second kappa shape index (κ2) is 7.57. The van der Waals surface area contributed by atoms with E-state index in [1.54, 1.807) is 12.1 Å². The molecule has 0 aliphatic rings. The zero-order chi connectivity index (χ0) is 20.5. The zero-order valence-corrected chi connectivity index (χ0v) is 16.2. The summed E-state index contributed by atoms with van der Waals surface area (Å²) in [5.41, 5.74) is 7.90. The molecule has 0 spiro atoms. The van der Waals surface area contributed by atoms with Crippen molar-refractivity contribution in [3.63, 3.8) is 0 Å². The average molecular weight is 391 g/mol. The summed E-state index contributed by atoms with van der Waals surface area (Å²) in [7, 11) is 3.94. The number of furan rings is 1. The highest BCUT2D eigenvalue weighted by Crippen LogP contribution is 2.33. The maximum Gasteiger partial charge on any atom is 0.295 e. The van der Waals surface area contributed by atoms with Gasteiger partial charge < -0.3 is 15.1 Å². The van der Waals surface area contributed by atoms with E-state index in [2.05, 4.69) is 9.97 Å². The highest BCUT2D eigenvalue weighted by atomic mass is 16.6. The lowest BCUT2D eigenvalue weighted by atomic mass is 10.0. The van der Waals surface area contributed by atoms with E-state index in [4.69, 9.17) is 10.2 Å². The van der Waals surface area contributed by atoms with Crippen molar-refractivity contribution >= 4 is 27.6 Å². The van der Waals surface area contributed by atoms with Gasteiger partial charge in [-0.05, 0) is 39.2 Å². The number of rotatable bonds is 6. The summed E-state index contributed by atoms with van der Waals surface area (Å²) in [5, 5.41) is 13.1. The van der Waals surface area contributed by atoms with Gasteiger partial charge in [-0.15, -0.1) is 0 Å². The van der Waals surface area contributed by atoms with E-state index in [9.17, 15) is 10.1 Å². The molecule has 1 unspecified atom stereocenters. The van der Waals surface area contributed by atoms with Crippen LogP contribution in [0.4, 0.5) is 5.69 Å². The van der Waals surface area contributed by atoms with Crippen LogP contribution in [0.25, 0.3) is 33.5 Å². The number of nitro groups is 1. The first-order valence-corrected chi connectivity index (χ1v) is 9.28. The molecule has 4 aromatic rings. The normalized spacial score (nSPS) is 12.7. The molecule has 8 heteroatoms. The van der Waals surface area contributed by atoms with Crippen molar-refractivity contribution in [1.82, 2.24) is 14.9 Å². The van der Waals surface area contributed by atoms with Gasteiger partial charge in [-0.1, -0.05) is 30.3 Å². The predicted molar refractivity (Wildman–Crippen MR) is 111 cm³/mol. The van der Waals surface area contributed by atoms with Gasteiger partial charge in [-0.2, -0.15) is 0 Å². The minimum Gasteiger partial charge on any atom is -0.453 e. The summed E-state index contributed by atoms with van der Waals surface area (Å²) in [6.07, 6.45) is 0.654. The Morgan fingerprint density at radius 2 is 1.97 bits per heavy atom. The van der Waals surface area contributed by atoms with Gasteiger partial charge in [0.2, 0.25) is 0 Å². The van der Waals surface area contributed by atoms with Crippen molar-refractivity contribution in [3.8, 4) is 11.6 Å². The number of nitrogens with two attached hydrogens (primary N) is 1. The third-order valence-electron chi connectivity index (χ3n) is 4.82. The second-order valence-corrected chi connectivity index (χ2v) is 7.21. The van der Waals surface area contributed by atoms with Gasteiger partial charge in [0.25, 0.3) is 5.69 Å². The quantitative estimate of drug-likeness (QED) is 0.392. The summed E-state index contributed by atoms with van der Waals surface area (Å²) in [5.74, 6) is 0.741. The Morgan fingerprint density at radius 3 is 2.69 bits per heavy atom. The molecular weight excluding hydrogens is 370 g/mol. The summed E-state index contributed by atoms with van der Waals surface area (Å²) < 4.78 is 5.89. The third-order valence-corrected chi connectivity index (χ3v) is 4.82. The van der Waals surface area contributed by atoms with E-state index in [1.165, 1.54) is 6.07 Å². The molecule has 0 fully saturated rings. The number of aromatic nitrogens is 2. The molecule has 0 aliphatic heterocycles. The second-order valence-electron chi connectivity index (χ2n) is 7.21. The first kappa shape index (κ1) is 19.0. The standard InChI is InChI=1S/C21H21N5O3/c1-25(2)11-10-15(22)19-14-7-5-8-16(26(27)28)20(14)24-21(23-19)18-12-13-6-3-4-9-17(13)29-18/h3-9,12,15H,10-11,22H2,1-2H3. The van der Waals surface area contributed by atoms with E-state index in [-0.39, 0.29) is 11.2 Å². The number of hydrogen-bond acceptors (Lipinski definition) is 7. The zero-order valence-electron chi connectivity index (χ0n) is 16.2. The molecule has 0 radical (unpaired) electrons. The maximum atomic E-state index is 11.6. The van der Waals surface area contributed by atoms with E-state index in [0.29, 0.717) is 34.7 Å². The molecule has 4 rings (SSSR count). The number of para-hydroxylation sites is 2. The topological polar surface area (TPSA) is 111 Å². The van der Waals surface area contributed by atoms with Crippen molar-refractivity contribution < 1.29 is 9.34 Å². The summed E-state index contributed by atoms with van der Waals surface area (Å²) in [6.45, 7) is 0.765. The van der Waals surface area contributed by atoms with Crippen LogP contribution in [0.15, 0.2) is 52.9 Å². The molecule has 0 aliphatic carbocycles. The molecule has 0 amide bonds. The summed E-state index contributed by atoms with van der Waals surface area (Å²) in [6, 6.07) is 13.9. The van der Waals surface area contributed by atoms with Crippen LogP contribution in [-0.2, 0) is 0 Å². The summed E-state index contributed by atoms with van der Waals surface area (Å²) in [4.78, 5) is 22.3. The van der Waals surface area contributed by atoms with Gasteiger partial charge in [0, 0.05) is 22.9 Å². The Kier molecular flexibility index (Phi) is 4.96. The highest BCUT2D eigenvalue weighted by Gasteiger charge is 2.22. The molecule has 0 saturated heterocycles. The van der Waals surface area contributed by atoms with Crippen LogP contribution in [0.3, 0.4) is 0 Å². The molecule has 148 valence electrons. The molecule has 0 bridgehead atoms. The van der Waals surface area contributed by atoms with Crippen LogP contribution in [-0.4, -0.2) is 40.4 Å². The van der Waals surface area contributed by atoms with Gasteiger partial charge in [0.1, 0.15) is 5.58 Å². The highest BCUT2D eigenvalue weighted by molar-refractivity contribution is 5.91. The van der Waals surface area contributed by atoms with Gasteiger partial charge in [-0.3, -0.25) is 10.1 Å². The minimum atomic E-state index is -0.438. The summed E-state index contributed by atoms with van der Waals surface area (Å²) >= 11 is 0. The Morgan fingerprint density at radius 1 is 1.17 bits per heavy atom. The first-order valence-electron chi connectivity index (χ1n) is 9.28. The van der Waals surface area contributed by atoms with Crippen molar-refractivity contribution in [2.45, 2.75) is 12.5 Å². The van der Waals surface area contributed by atoms with E-state index in [0.717, 1.165) is 11.9 Å². The maximum absolute atomic E-state index is 11.6. The lowest BCUT2D eigenvalue weighted by Gasteiger charge is -2.17. The van der Waals surface area contributed by atoms with E-state index >= 15 is 0 Å². The van der Waals surface area contributed by atoms with Gasteiger partial charge >= 0.3 is 0 Å². The number of nitro benzene ring substituents is 1. The SMILES string of the molecule is CN(C)CCC(N)c1nc(-c2cc3ccccc3o2)nc2c([N+](=O)[O-])cccc12. The van der Waals surface area contributed by atoms with Crippen molar-refractivity contribution in [2.24, 2.45) is 5.73 Å². The molecular formula is C21H21N5O3. The monoisotopic (exact) mass is 391 g/mol. The molecule has 29 heavy (non-hydrogen) atoms. The van der Waals surface area contributed by atoms with Crippen molar-refractivity contribution in [3.05, 3.63) is 64.3 Å². The molecule has 2 heterocycles. The fraction of sp³-hybridized carbons (Fsp3) is 0.238. The van der Waals surface area contributed by atoms with Crippen LogP contribution in [0.2, 0.25) is 0 Å². The molecule has 2 N–H and O–H groups in total. The van der Waals surface area contributed by atoms with Crippen molar-refractivity contribution in [2.75, 3.05) is 20.6 Å². The number of benzene rings is 2. The molecule has 0 saturated carbocycles. The van der Waals surface area contributed by atoms with Crippen LogP contribution < -0.4 is 5.73 Å². The first-order chi connectivity index (χ1) is 13.9. The smallest absolute Gasteiger partial charge is 0.295 e. The largest absolute Gasteiger partial charge is 0.453 e. The molecule has 8 nitrogen and oxygen atoms in total. The van der Waals surface area contributed by atoms with Gasteiger partial charge in [-0.25, -0.2) is 9.97 Å². The Labute approximate surface area is 167 Å². The Hall–Kier alpha value is -3.36. The fourth-order valence-electron chi connectivity index (χ4n) is 3.33. The Bertz CT molecular complexity index is 1170. The molecule has 2 aromatic heterocycles.